The molecule has 1 aliphatic carbocycles. The minimum Gasteiger partial charge on any atom is -0.493 e. The largest absolute Gasteiger partial charge is 0.493 e. The average Bonchev–Trinajstić information content (AvgIpc) is 2.83. The summed E-state index contributed by atoms with van der Waals surface area (Å²) in [7, 11) is 1.48. The molecule has 2 aromatic rings. The number of hydrogen-bond donors (Lipinski definition) is 2. The second-order valence-electron chi connectivity index (χ2n) is 8.15. The van der Waals surface area contributed by atoms with Gasteiger partial charge in [0.15, 0.2) is 23.9 Å². The number of hydrogen-bond acceptors (Lipinski definition) is 7. The Balaban J connectivity index is 1.56. The number of anilines is 1. The molecule has 4 rings (SSSR count). The molecule has 2 aliphatic rings. The quantitative estimate of drug-likeness (QED) is 0.673. The first-order valence-electron chi connectivity index (χ1n) is 10.9. The second kappa shape index (κ2) is 9.71. The zero-order valence-corrected chi connectivity index (χ0v) is 19.0. The fourth-order valence-corrected chi connectivity index (χ4v) is 4.15. The molecular weight excluding hydrogens is 434 g/mol. The number of nitrogens with two attached hydrogens (primary N) is 1. The number of allylic oxidation sites excluding steroid dienone is 3. The molecule has 0 saturated carbocycles. The smallest absolute Gasteiger partial charge is 0.262 e. The molecule has 0 radical (unpaired) electrons. The molecule has 1 aliphatic heterocycles. The van der Waals surface area contributed by atoms with Gasteiger partial charge in [0.1, 0.15) is 17.4 Å². The fraction of sp³-hybridized carbons (Fsp3) is 0.269. The van der Waals surface area contributed by atoms with Crippen LogP contribution in [0.5, 0.6) is 11.5 Å². The lowest BCUT2D eigenvalue weighted by atomic mass is 9.77. The maximum Gasteiger partial charge on any atom is 0.262 e. The molecule has 174 valence electrons. The molecule has 1 atom stereocenters. The molecule has 1 heterocycles. The molecule has 34 heavy (non-hydrogen) atoms. The number of nitriles is 1. The summed E-state index contributed by atoms with van der Waals surface area (Å²) in [6.45, 7) is 1.75. The van der Waals surface area contributed by atoms with E-state index in [1.54, 1.807) is 18.2 Å². The van der Waals surface area contributed by atoms with Crippen molar-refractivity contribution in [2.24, 2.45) is 5.73 Å². The van der Waals surface area contributed by atoms with Gasteiger partial charge in [0.25, 0.3) is 5.91 Å². The van der Waals surface area contributed by atoms with E-state index in [1.807, 2.05) is 31.2 Å². The van der Waals surface area contributed by atoms with E-state index in [0.717, 1.165) is 5.56 Å². The topological polar surface area (TPSA) is 124 Å². The predicted molar refractivity (Wildman–Crippen MR) is 125 cm³/mol. The Labute approximate surface area is 197 Å². The summed E-state index contributed by atoms with van der Waals surface area (Å²) in [5.74, 6) is 0.237. The number of rotatable bonds is 6. The average molecular weight is 460 g/mol. The lowest BCUT2D eigenvalue weighted by molar-refractivity contribution is -0.118. The molecular formula is C26H25N3O5. The van der Waals surface area contributed by atoms with Gasteiger partial charge in [-0.05, 0) is 43.2 Å². The van der Waals surface area contributed by atoms with Crippen LogP contribution in [0.15, 0.2) is 65.3 Å². The third kappa shape index (κ3) is 4.59. The van der Waals surface area contributed by atoms with Gasteiger partial charge in [0, 0.05) is 24.1 Å². The Morgan fingerprint density at radius 1 is 1.21 bits per heavy atom. The Kier molecular flexibility index (Phi) is 6.55. The fourth-order valence-electron chi connectivity index (χ4n) is 4.15. The highest BCUT2D eigenvalue weighted by atomic mass is 16.5. The van der Waals surface area contributed by atoms with E-state index < -0.39 is 5.92 Å². The third-order valence-electron chi connectivity index (χ3n) is 5.82. The summed E-state index contributed by atoms with van der Waals surface area (Å²) in [6, 6.07) is 14.6. The highest BCUT2D eigenvalue weighted by molar-refractivity contribution is 5.99. The maximum atomic E-state index is 12.7. The van der Waals surface area contributed by atoms with Crippen LogP contribution in [0.25, 0.3) is 0 Å². The number of methoxy groups -OCH3 is 1. The van der Waals surface area contributed by atoms with Crippen molar-refractivity contribution in [3.8, 4) is 17.6 Å². The van der Waals surface area contributed by atoms with Crippen molar-refractivity contribution >= 4 is 17.4 Å². The van der Waals surface area contributed by atoms with E-state index in [2.05, 4.69) is 11.4 Å². The number of carbonyl (C=O) groups is 2. The summed E-state index contributed by atoms with van der Waals surface area (Å²) < 4.78 is 16.8. The molecule has 0 fully saturated rings. The van der Waals surface area contributed by atoms with Gasteiger partial charge < -0.3 is 25.3 Å². The van der Waals surface area contributed by atoms with E-state index in [0.29, 0.717) is 53.3 Å². The standard InChI is InChI=1S/C26H25N3O5/c1-15-6-9-17(10-7-15)29-23(31)14-33-20-11-8-16(12-22(20)32-2)24-18(13-27)26(28)34-21-5-3-4-19(30)25(21)24/h6-12,24H,3-5,14,28H2,1-2H3,(H,29,31)/t24-/m0/s1. The maximum absolute atomic E-state index is 12.7. The van der Waals surface area contributed by atoms with E-state index >= 15 is 0 Å². The number of nitrogens with one attached hydrogen (secondary N) is 1. The number of ketones is 1. The van der Waals surface area contributed by atoms with Crippen molar-refractivity contribution in [2.75, 3.05) is 19.0 Å². The molecule has 0 bridgehead atoms. The molecule has 0 spiro atoms. The van der Waals surface area contributed by atoms with Gasteiger partial charge in [-0.25, -0.2) is 0 Å². The van der Waals surface area contributed by atoms with Crippen molar-refractivity contribution in [3.05, 3.63) is 76.4 Å². The van der Waals surface area contributed by atoms with Crippen molar-refractivity contribution < 1.29 is 23.8 Å². The van der Waals surface area contributed by atoms with Gasteiger partial charge in [-0.3, -0.25) is 9.59 Å². The van der Waals surface area contributed by atoms with Crippen LogP contribution < -0.4 is 20.5 Å². The summed E-state index contributed by atoms with van der Waals surface area (Å²) >= 11 is 0. The summed E-state index contributed by atoms with van der Waals surface area (Å²) in [6.07, 6.45) is 1.66. The van der Waals surface area contributed by atoms with Crippen LogP contribution in [0, 0.1) is 18.3 Å². The van der Waals surface area contributed by atoms with Crippen molar-refractivity contribution in [1.29, 1.82) is 5.26 Å². The van der Waals surface area contributed by atoms with Gasteiger partial charge in [-0.1, -0.05) is 23.8 Å². The lowest BCUT2D eigenvalue weighted by Gasteiger charge is -2.31. The first-order chi connectivity index (χ1) is 16.4. The van der Waals surface area contributed by atoms with E-state index in [1.165, 1.54) is 7.11 Å². The van der Waals surface area contributed by atoms with Crippen LogP contribution in [-0.2, 0) is 14.3 Å². The molecule has 8 heteroatoms. The number of nitrogens with zero attached hydrogens (tertiary/aromatic N) is 1. The van der Waals surface area contributed by atoms with E-state index in [9.17, 15) is 14.9 Å². The van der Waals surface area contributed by atoms with Crippen molar-refractivity contribution in [1.82, 2.24) is 0 Å². The molecule has 1 amide bonds. The first-order valence-corrected chi connectivity index (χ1v) is 10.9. The Bertz CT molecular complexity index is 1240. The Hall–Kier alpha value is -4.25. The number of aryl methyl sites for hydroxylation is 1. The van der Waals surface area contributed by atoms with E-state index in [4.69, 9.17) is 19.9 Å². The van der Waals surface area contributed by atoms with Crippen LogP contribution >= 0.6 is 0 Å². The second-order valence-corrected chi connectivity index (χ2v) is 8.15. The van der Waals surface area contributed by atoms with Gasteiger partial charge >= 0.3 is 0 Å². The number of Topliss-reactive ketones (excluding diaryl/α,β-unsaturated/α-hetero) is 1. The monoisotopic (exact) mass is 459 g/mol. The lowest BCUT2D eigenvalue weighted by Crippen LogP contribution is -2.27. The van der Waals surface area contributed by atoms with Crippen LogP contribution in [0.3, 0.4) is 0 Å². The Morgan fingerprint density at radius 2 is 1.97 bits per heavy atom. The molecule has 2 aromatic carbocycles. The first kappa shape index (κ1) is 22.9. The zero-order valence-electron chi connectivity index (χ0n) is 19.0. The molecule has 3 N–H and O–H groups in total. The predicted octanol–water partition coefficient (Wildman–Crippen LogP) is 3.84. The summed E-state index contributed by atoms with van der Waals surface area (Å²) in [5.41, 5.74) is 9.08. The zero-order chi connectivity index (χ0) is 24.2. The third-order valence-corrected chi connectivity index (χ3v) is 5.82. The molecule has 0 saturated heterocycles. The van der Waals surface area contributed by atoms with Crippen LogP contribution in [0.1, 0.15) is 36.3 Å². The van der Waals surface area contributed by atoms with Crippen LogP contribution in [0.2, 0.25) is 0 Å². The number of amides is 1. The highest BCUT2D eigenvalue weighted by Gasteiger charge is 2.38. The van der Waals surface area contributed by atoms with Crippen molar-refractivity contribution in [3.63, 3.8) is 0 Å². The molecule has 0 unspecified atom stereocenters. The van der Waals surface area contributed by atoms with Gasteiger partial charge in [-0.15, -0.1) is 0 Å². The number of ether oxygens (including phenoxy) is 3. The highest BCUT2D eigenvalue weighted by Crippen LogP contribution is 2.45. The van der Waals surface area contributed by atoms with Gasteiger partial charge in [0.2, 0.25) is 5.88 Å². The van der Waals surface area contributed by atoms with Crippen LogP contribution in [0.4, 0.5) is 5.69 Å². The number of benzene rings is 2. The minimum absolute atomic E-state index is 0.00743. The molecule has 8 nitrogen and oxygen atoms in total. The van der Waals surface area contributed by atoms with Gasteiger partial charge in [0.05, 0.1) is 13.0 Å². The minimum atomic E-state index is -0.644. The Morgan fingerprint density at radius 3 is 2.68 bits per heavy atom. The normalized spacial score (nSPS) is 17.4. The van der Waals surface area contributed by atoms with Crippen LogP contribution in [-0.4, -0.2) is 25.4 Å². The summed E-state index contributed by atoms with van der Waals surface area (Å²) in [5, 5.41) is 12.5. The number of carbonyl (C=O) groups excluding carboxylic acids is 2. The van der Waals surface area contributed by atoms with Gasteiger partial charge in [-0.2, -0.15) is 5.26 Å². The molecule has 0 aromatic heterocycles. The summed E-state index contributed by atoms with van der Waals surface area (Å²) in [4.78, 5) is 25.0. The van der Waals surface area contributed by atoms with E-state index in [-0.39, 0.29) is 29.8 Å². The SMILES string of the molecule is COc1cc([C@H]2C(C#N)=C(N)OC3=C2C(=O)CCC3)ccc1OCC(=O)Nc1ccc(C)cc1. The van der Waals surface area contributed by atoms with Crippen molar-refractivity contribution in [2.45, 2.75) is 32.1 Å².